The third-order valence-electron chi connectivity index (χ3n) is 3.89. The Morgan fingerprint density at radius 1 is 1.50 bits per heavy atom. The van der Waals surface area contributed by atoms with Crippen LogP contribution in [0.2, 0.25) is 0 Å². The molecule has 0 aromatic heterocycles. The molecule has 0 radical (unpaired) electrons. The van der Waals surface area contributed by atoms with E-state index in [0.29, 0.717) is 12.1 Å². The number of methoxy groups -OCH3 is 1. The lowest BCUT2D eigenvalue weighted by atomic mass is 10.0. The van der Waals surface area contributed by atoms with Crippen LogP contribution in [0.1, 0.15) is 40.5 Å². The van der Waals surface area contributed by atoms with Crippen LogP contribution < -0.4 is 5.32 Å². The summed E-state index contributed by atoms with van der Waals surface area (Å²) in [5, 5.41) is 3.64. The number of nitrogens with one attached hydrogen (secondary N) is 1. The Morgan fingerprint density at radius 2 is 2.19 bits per heavy atom. The van der Waals surface area contributed by atoms with Crippen LogP contribution in [0.3, 0.4) is 0 Å². The molecule has 0 spiro atoms. The van der Waals surface area contributed by atoms with E-state index >= 15 is 0 Å². The van der Waals surface area contributed by atoms with E-state index in [1.165, 1.54) is 19.4 Å². The summed E-state index contributed by atoms with van der Waals surface area (Å²) in [6.45, 7) is 12.4. The average molecular weight is 228 g/mol. The van der Waals surface area contributed by atoms with Crippen LogP contribution in [-0.2, 0) is 4.74 Å². The van der Waals surface area contributed by atoms with Crippen LogP contribution in [0.4, 0.5) is 0 Å². The van der Waals surface area contributed by atoms with Gasteiger partial charge in [-0.25, -0.2) is 0 Å². The van der Waals surface area contributed by atoms with Gasteiger partial charge in [0.05, 0.1) is 6.10 Å². The van der Waals surface area contributed by atoms with E-state index in [1.54, 1.807) is 0 Å². The molecular formula is C13H28N2O. The van der Waals surface area contributed by atoms with E-state index in [9.17, 15) is 0 Å². The van der Waals surface area contributed by atoms with Gasteiger partial charge in [-0.15, -0.1) is 0 Å². The predicted octanol–water partition coefficient (Wildman–Crippen LogP) is 1.87. The summed E-state index contributed by atoms with van der Waals surface area (Å²) in [6, 6.07) is 0.603. The molecule has 0 bridgehead atoms. The summed E-state index contributed by atoms with van der Waals surface area (Å²) < 4.78 is 5.40. The molecule has 96 valence electrons. The van der Waals surface area contributed by atoms with Gasteiger partial charge < -0.3 is 10.1 Å². The third-order valence-corrected chi connectivity index (χ3v) is 3.89. The van der Waals surface area contributed by atoms with Crippen LogP contribution in [-0.4, -0.2) is 49.3 Å². The summed E-state index contributed by atoms with van der Waals surface area (Å²) in [4.78, 5) is 2.52. The highest BCUT2D eigenvalue weighted by atomic mass is 16.5. The van der Waals surface area contributed by atoms with Gasteiger partial charge in [0, 0.05) is 38.3 Å². The van der Waals surface area contributed by atoms with Gasteiger partial charge in [-0.3, -0.25) is 4.90 Å². The Hall–Kier alpha value is -0.120. The number of hydrogen-bond donors (Lipinski definition) is 1. The zero-order valence-corrected chi connectivity index (χ0v) is 11.5. The molecule has 1 rings (SSSR count). The Kier molecular flexibility index (Phi) is 5.22. The Balaban J connectivity index is 2.28. The Morgan fingerprint density at radius 3 is 2.69 bits per heavy atom. The van der Waals surface area contributed by atoms with E-state index in [0.717, 1.165) is 13.1 Å². The van der Waals surface area contributed by atoms with Crippen LogP contribution in [0.25, 0.3) is 0 Å². The van der Waals surface area contributed by atoms with Crippen molar-refractivity contribution in [2.24, 2.45) is 0 Å². The second-order valence-corrected chi connectivity index (χ2v) is 5.61. The predicted molar refractivity (Wildman–Crippen MR) is 68.8 cm³/mol. The van der Waals surface area contributed by atoms with Crippen molar-refractivity contribution in [3.8, 4) is 0 Å². The summed E-state index contributed by atoms with van der Waals surface area (Å²) >= 11 is 0. The standard InChI is InChI=1S/C13H28N2O/c1-6-13(3,4)14-9-11(2)15-8-7-12(10-15)16-5/h11-12,14H,6-10H2,1-5H3. The number of nitrogens with zero attached hydrogens (tertiary/aromatic N) is 1. The second kappa shape index (κ2) is 5.99. The van der Waals surface area contributed by atoms with Crippen LogP contribution in [0.15, 0.2) is 0 Å². The van der Waals surface area contributed by atoms with Gasteiger partial charge in [0.2, 0.25) is 0 Å². The summed E-state index contributed by atoms with van der Waals surface area (Å²) in [5.74, 6) is 0. The molecule has 16 heavy (non-hydrogen) atoms. The van der Waals surface area contributed by atoms with Gasteiger partial charge >= 0.3 is 0 Å². The quantitative estimate of drug-likeness (QED) is 0.751. The molecule has 1 N–H and O–H groups in total. The fourth-order valence-electron chi connectivity index (χ4n) is 2.02. The third kappa shape index (κ3) is 4.04. The first-order chi connectivity index (χ1) is 7.48. The molecule has 3 heteroatoms. The lowest BCUT2D eigenvalue weighted by Crippen LogP contribution is -2.47. The topological polar surface area (TPSA) is 24.5 Å². The highest BCUT2D eigenvalue weighted by molar-refractivity contribution is 4.83. The largest absolute Gasteiger partial charge is 0.380 e. The van der Waals surface area contributed by atoms with Crippen molar-refractivity contribution in [2.45, 2.75) is 58.2 Å². The molecule has 0 amide bonds. The van der Waals surface area contributed by atoms with Crippen molar-refractivity contribution in [3.05, 3.63) is 0 Å². The highest BCUT2D eigenvalue weighted by Gasteiger charge is 2.26. The first-order valence-corrected chi connectivity index (χ1v) is 6.50. The Bertz CT molecular complexity index is 206. The normalized spacial score (nSPS) is 24.9. The van der Waals surface area contributed by atoms with Crippen LogP contribution in [0.5, 0.6) is 0 Å². The van der Waals surface area contributed by atoms with E-state index < -0.39 is 0 Å². The molecule has 2 atom stereocenters. The SMILES string of the molecule is CCC(C)(C)NCC(C)N1CCC(OC)C1. The molecule has 0 aliphatic carbocycles. The number of hydrogen-bond acceptors (Lipinski definition) is 3. The number of rotatable bonds is 6. The van der Waals surface area contributed by atoms with Crippen molar-refractivity contribution in [1.29, 1.82) is 0 Å². The van der Waals surface area contributed by atoms with Gasteiger partial charge in [-0.1, -0.05) is 6.92 Å². The maximum Gasteiger partial charge on any atom is 0.0710 e. The second-order valence-electron chi connectivity index (χ2n) is 5.61. The fourth-order valence-corrected chi connectivity index (χ4v) is 2.02. The van der Waals surface area contributed by atoms with Crippen molar-refractivity contribution < 1.29 is 4.74 Å². The molecule has 1 aliphatic heterocycles. The fraction of sp³-hybridized carbons (Fsp3) is 1.00. The minimum atomic E-state index is 0.259. The smallest absolute Gasteiger partial charge is 0.0710 e. The molecule has 0 saturated carbocycles. The molecule has 2 unspecified atom stereocenters. The van der Waals surface area contributed by atoms with Gasteiger partial charge in [-0.05, 0) is 33.6 Å². The van der Waals surface area contributed by atoms with E-state index in [4.69, 9.17) is 4.74 Å². The van der Waals surface area contributed by atoms with Crippen molar-refractivity contribution in [3.63, 3.8) is 0 Å². The first-order valence-electron chi connectivity index (χ1n) is 6.50. The molecular weight excluding hydrogens is 200 g/mol. The zero-order chi connectivity index (χ0) is 12.2. The molecule has 0 aromatic carbocycles. The van der Waals surface area contributed by atoms with E-state index in [1.807, 2.05) is 7.11 Å². The molecule has 1 fully saturated rings. The zero-order valence-electron chi connectivity index (χ0n) is 11.5. The van der Waals surface area contributed by atoms with Crippen LogP contribution >= 0.6 is 0 Å². The van der Waals surface area contributed by atoms with Gasteiger partial charge in [0.25, 0.3) is 0 Å². The lowest BCUT2D eigenvalue weighted by molar-refractivity contribution is 0.101. The maximum atomic E-state index is 5.40. The molecule has 1 aliphatic rings. The van der Waals surface area contributed by atoms with E-state index in [-0.39, 0.29) is 5.54 Å². The van der Waals surface area contributed by atoms with Crippen molar-refractivity contribution in [2.75, 3.05) is 26.7 Å². The Labute approximate surface area is 101 Å². The summed E-state index contributed by atoms with van der Waals surface area (Å²) in [5.41, 5.74) is 0.259. The molecule has 0 aromatic rings. The van der Waals surface area contributed by atoms with Gasteiger partial charge in [0.1, 0.15) is 0 Å². The van der Waals surface area contributed by atoms with Crippen molar-refractivity contribution in [1.82, 2.24) is 10.2 Å². The lowest BCUT2D eigenvalue weighted by Gasteiger charge is -2.30. The first kappa shape index (κ1) is 13.9. The summed E-state index contributed by atoms with van der Waals surface area (Å²) in [7, 11) is 1.82. The number of ether oxygens (including phenoxy) is 1. The number of likely N-dealkylation sites (tertiary alicyclic amines) is 1. The highest BCUT2D eigenvalue weighted by Crippen LogP contribution is 2.15. The molecule has 3 nitrogen and oxygen atoms in total. The molecule has 1 saturated heterocycles. The minimum absolute atomic E-state index is 0.259. The van der Waals surface area contributed by atoms with Crippen molar-refractivity contribution >= 4 is 0 Å². The summed E-state index contributed by atoms with van der Waals surface area (Å²) in [6.07, 6.45) is 2.79. The average Bonchev–Trinajstić information content (AvgIpc) is 2.74. The monoisotopic (exact) mass is 228 g/mol. The van der Waals surface area contributed by atoms with Gasteiger partial charge in [0.15, 0.2) is 0 Å². The van der Waals surface area contributed by atoms with Gasteiger partial charge in [-0.2, -0.15) is 0 Å². The van der Waals surface area contributed by atoms with Crippen LogP contribution in [0, 0.1) is 0 Å². The maximum absolute atomic E-state index is 5.40. The van der Waals surface area contributed by atoms with E-state index in [2.05, 4.69) is 37.9 Å². The molecule has 1 heterocycles. The minimum Gasteiger partial charge on any atom is -0.380 e.